The summed E-state index contributed by atoms with van der Waals surface area (Å²) < 4.78 is 13.3. The zero-order chi connectivity index (χ0) is 19.3. The lowest BCUT2D eigenvalue weighted by molar-refractivity contribution is 0.122. The molecule has 0 aliphatic carbocycles. The zero-order valence-corrected chi connectivity index (χ0v) is 16.2. The van der Waals surface area contributed by atoms with Crippen molar-refractivity contribution in [3.8, 4) is 11.4 Å². The summed E-state index contributed by atoms with van der Waals surface area (Å²) in [5.41, 5.74) is 2.95. The van der Waals surface area contributed by atoms with Gasteiger partial charge in [0, 0.05) is 18.8 Å². The molecule has 0 radical (unpaired) electrons. The summed E-state index contributed by atoms with van der Waals surface area (Å²) >= 11 is 0. The molecule has 0 amide bonds. The Bertz CT molecular complexity index is 904. The van der Waals surface area contributed by atoms with E-state index in [-0.39, 0.29) is 6.10 Å². The second kappa shape index (κ2) is 8.31. The van der Waals surface area contributed by atoms with Gasteiger partial charge in [-0.05, 0) is 44.2 Å². The lowest BCUT2D eigenvalue weighted by Crippen LogP contribution is -2.36. The third kappa shape index (κ3) is 4.26. The highest BCUT2D eigenvalue weighted by Crippen LogP contribution is 2.33. The summed E-state index contributed by atoms with van der Waals surface area (Å²) in [6, 6.07) is 16.0. The largest absolute Gasteiger partial charge is 0.489 e. The molecule has 0 bridgehead atoms. The second-order valence-corrected chi connectivity index (χ2v) is 6.92. The number of nitrogens with zero attached hydrogens (tertiary/aromatic N) is 4. The highest BCUT2D eigenvalue weighted by Gasteiger charge is 2.17. The van der Waals surface area contributed by atoms with E-state index in [9.17, 15) is 0 Å². The first-order valence-electron chi connectivity index (χ1n) is 9.56. The Morgan fingerprint density at radius 3 is 2.61 bits per heavy atom. The number of hydrogen-bond donors (Lipinski definition) is 1. The van der Waals surface area contributed by atoms with E-state index in [4.69, 9.17) is 9.47 Å². The van der Waals surface area contributed by atoms with Crippen LogP contribution in [0.5, 0.6) is 5.75 Å². The Balaban J connectivity index is 1.57. The van der Waals surface area contributed by atoms with E-state index in [1.165, 1.54) is 0 Å². The molecule has 1 aromatic heterocycles. The first kappa shape index (κ1) is 18.3. The molecule has 7 heteroatoms. The molecule has 0 saturated carbocycles. The van der Waals surface area contributed by atoms with Gasteiger partial charge in [-0.25, -0.2) is 4.68 Å². The Morgan fingerprint density at radius 1 is 1.07 bits per heavy atom. The van der Waals surface area contributed by atoms with E-state index in [2.05, 4.69) is 26.4 Å². The third-order valence-electron chi connectivity index (χ3n) is 4.44. The lowest BCUT2D eigenvalue weighted by Gasteiger charge is -2.31. The Morgan fingerprint density at radius 2 is 1.86 bits per heavy atom. The van der Waals surface area contributed by atoms with Crippen molar-refractivity contribution in [3.05, 3.63) is 54.9 Å². The molecule has 1 N–H and O–H groups in total. The molecule has 7 nitrogen and oxygen atoms in total. The van der Waals surface area contributed by atoms with E-state index in [0.717, 1.165) is 49.1 Å². The van der Waals surface area contributed by atoms with Crippen molar-refractivity contribution in [1.82, 2.24) is 14.8 Å². The standard InChI is InChI=1S/C21H25N5O2/c1-16(2)28-20-9-8-17(14-19(20)25-10-12-27-13-11-25)23-21-22-15-26(24-21)18-6-4-3-5-7-18/h3-9,14-16H,10-13H2,1-2H3,(H,23,24). The minimum absolute atomic E-state index is 0.113. The normalized spacial score (nSPS) is 14.3. The predicted molar refractivity (Wildman–Crippen MR) is 110 cm³/mol. The van der Waals surface area contributed by atoms with Crippen molar-refractivity contribution in [2.45, 2.75) is 20.0 Å². The van der Waals surface area contributed by atoms with Crippen LogP contribution in [0.15, 0.2) is 54.9 Å². The summed E-state index contributed by atoms with van der Waals surface area (Å²) in [5, 5.41) is 7.82. The fraction of sp³-hybridized carbons (Fsp3) is 0.333. The smallest absolute Gasteiger partial charge is 0.246 e. The van der Waals surface area contributed by atoms with Crippen LogP contribution in [0, 0.1) is 0 Å². The van der Waals surface area contributed by atoms with Crippen LogP contribution in [0.1, 0.15) is 13.8 Å². The number of rotatable bonds is 6. The molecule has 1 aliphatic heterocycles. The number of aromatic nitrogens is 3. The van der Waals surface area contributed by atoms with Crippen molar-refractivity contribution >= 4 is 17.3 Å². The molecule has 0 unspecified atom stereocenters. The maximum absolute atomic E-state index is 6.02. The maximum Gasteiger partial charge on any atom is 0.246 e. The molecule has 1 fully saturated rings. The number of benzene rings is 2. The summed E-state index contributed by atoms with van der Waals surface area (Å²) in [7, 11) is 0. The second-order valence-electron chi connectivity index (χ2n) is 6.92. The molecule has 2 heterocycles. The van der Waals surface area contributed by atoms with Crippen molar-refractivity contribution in [1.29, 1.82) is 0 Å². The van der Waals surface area contributed by atoms with Gasteiger partial charge in [0.15, 0.2) is 0 Å². The quantitative estimate of drug-likeness (QED) is 0.706. The Kier molecular flexibility index (Phi) is 5.43. The first-order chi connectivity index (χ1) is 13.7. The average Bonchev–Trinajstić information content (AvgIpc) is 3.19. The van der Waals surface area contributed by atoms with Gasteiger partial charge < -0.3 is 19.7 Å². The average molecular weight is 379 g/mol. The SMILES string of the molecule is CC(C)Oc1ccc(Nc2ncn(-c3ccccc3)n2)cc1N1CCOCC1. The topological polar surface area (TPSA) is 64.4 Å². The maximum atomic E-state index is 6.02. The fourth-order valence-corrected chi connectivity index (χ4v) is 3.15. The fourth-order valence-electron chi connectivity index (χ4n) is 3.15. The van der Waals surface area contributed by atoms with Crippen LogP contribution in [0.25, 0.3) is 5.69 Å². The molecular formula is C21H25N5O2. The molecular weight excluding hydrogens is 354 g/mol. The van der Waals surface area contributed by atoms with Gasteiger partial charge in [-0.2, -0.15) is 4.98 Å². The van der Waals surface area contributed by atoms with Crippen LogP contribution in [0.2, 0.25) is 0 Å². The molecule has 146 valence electrons. The van der Waals surface area contributed by atoms with Crippen molar-refractivity contribution < 1.29 is 9.47 Å². The van der Waals surface area contributed by atoms with Gasteiger partial charge >= 0.3 is 0 Å². The van der Waals surface area contributed by atoms with Crippen LogP contribution in [-0.2, 0) is 4.74 Å². The minimum atomic E-state index is 0.113. The van der Waals surface area contributed by atoms with Crippen LogP contribution >= 0.6 is 0 Å². The number of para-hydroxylation sites is 1. The Hall–Kier alpha value is -3.06. The van der Waals surface area contributed by atoms with Gasteiger partial charge in [0.1, 0.15) is 12.1 Å². The van der Waals surface area contributed by atoms with Crippen LogP contribution in [0.4, 0.5) is 17.3 Å². The molecule has 28 heavy (non-hydrogen) atoms. The van der Waals surface area contributed by atoms with Crippen molar-refractivity contribution in [2.24, 2.45) is 0 Å². The van der Waals surface area contributed by atoms with Gasteiger partial charge in [-0.15, -0.1) is 5.10 Å². The molecule has 1 saturated heterocycles. The third-order valence-corrected chi connectivity index (χ3v) is 4.44. The van der Waals surface area contributed by atoms with E-state index in [0.29, 0.717) is 5.95 Å². The van der Waals surface area contributed by atoms with Crippen LogP contribution in [0.3, 0.4) is 0 Å². The van der Waals surface area contributed by atoms with Gasteiger partial charge in [-0.1, -0.05) is 18.2 Å². The van der Waals surface area contributed by atoms with Gasteiger partial charge in [-0.3, -0.25) is 0 Å². The predicted octanol–water partition coefficient (Wildman–Crippen LogP) is 3.63. The van der Waals surface area contributed by atoms with Crippen LogP contribution in [-0.4, -0.2) is 47.2 Å². The van der Waals surface area contributed by atoms with E-state index in [1.807, 2.05) is 56.3 Å². The number of hydrogen-bond acceptors (Lipinski definition) is 6. The van der Waals surface area contributed by atoms with Gasteiger partial charge in [0.25, 0.3) is 0 Å². The highest BCUT2D eigenvalue weighted by molar-refractivity contribution is 5.68. The number of morpholine rings is 1. The summed E-state index contributed by atoms with van der Waals surface area (Å²) in [6.07, 6.45) is 1.82. The number of nitrogens with one attached hydrogen (secondary N) is 1. The molecule has 0 spiro atoms. The van der Waals surface area contributed by atoms with Gasteiger partial charge in [0.2, 0.25) is 5.95 Å². The first-order valence-corrected chi connectivity index (χ1v) is 9.56. The summed E-state index contributed by atoms with van der Waals surface area (Å²) in [5.74, 6) is 1.43. The molecule has 1 aliphatic rings. The van der Waals surface area contributed by atoms with E-state index < -0.39 is 0 Å². The van der Waals surface area contributed by atoms with Gasteiger partial charge in [0.05, 0.1) is 30.7 Å². The number of ether oxygens (including phenoxy) is 2. The molecule has 0 atom stereocenters. The highest BCUT2D eigenvalue weighted by atomic mass is 16.5. The van der Waals surface area contributed by atoms with Crippen molar-refractivity contribution in [2.75, 3.05) is 36.5 Å². The number of anilines is 3. The molecule has 4 rings (SSSR count). The summed E-state index contributed by atoms with van der Waals surface area (Å²) in [6.45, 7) is 7.21. The minimum Gasteiger partial charge on any atom is -0.489 e. The van der Waals surface area contributed by atoms with Crippen molar-refractivity contribution in [3.63, 3.8) is 0 Å². The molecule has 3 aromatic rings. The molecule has 2 aromatic carbocycles. The zero-order valence-electron chi connectivity index (χ0n) is 16.2. The van der Waals surface area contributed by atoms with E-state index in [1.54, 1.807) is 11.0 Å². The lowest BCUT2D eigenvalue weighted by atomic mass is 10.2. The summed E-state index contributed by atoms with van der Waals surface area (Å²) in [4.78, 5) is 6.67. The van der Waals surface area contributed by atoms with E-state index >= 15 is 0 Å². The monoisotopic (exact) mass is 379 g/mol. The Labute approximate surface area is 164 Å². The van der Waals surface area contributed by atoms with Crippen LogP contribution < -0.4 is 15.0 Å².